The summed E-state index contributed by atoms with van der Waals surface area (Å²) in [7, 11) is 1.54. The molecule has 2 amide bonds. The monoisotopic (exact) mass is 530 g/mol. The minimum Gasteiger partial charge on any atom is -0.383 e. The molecule has 3 aromatic rings. The van der Waals surface area contributed by atoms with E-state index in [9.17, 15) is 9.59 Å². The molecular weight excluding hydrogens is 499 g/mol. The molecule has 2 aromatic carbocycles. The number of carbonyl (C=O) groups excluding carboxylic acids is 2. The minimum atomic E-state index is -0.387. The summed E-state index contributed by atoms with van der Waals surface area (Å²) in [5.41, 5.74) is 3.90. The Morgan fingerprint density at radius 2 is 1.81 bits per heavy atom. The van der Waals surface area contributed by atoms with Crippen LogP contribution in [0.4, 0.5) is 5.82 Å². The lowest BCUT2D eigenvalue weighted by atomic mass is 9.92. The van der Waals surface area contributed by atoms with Crippen molar-refractivity contribution >= 4 is 40.8 Å². The highest BCUT2D eigenvalue weighted by atomic mass is 35.5. The first-order valence-electron chi connectivity index (χ1n) is 11.6. The zero-order valence-corrected chi connectivity index (χ0v) is 23.0. The Balaban J connectivity index is 1.90. The third-order valence-electron chi connectivity index (χ3n) is 5.67. The molecule has 0 fully saturated rings. The first kappa shape index (κ1) is 27.7. The Bertz CT molecular complexity index is 1260. The summed E-state index contributed by atoms with van der Waals surface area (Å²) in [4.78, 5) is 27.8. The van der Waals surface area contributed by atoms with Crippen molar-refractivity contribution in [2.24, 2.45) is 0 Å². The van der Waals surface area contributed by atoms with Crippen molar-refractivity contribution in [1.29, 1.82) is 0 Å². The summed E-state index contributed by atoms with van der Waals surface area (Å²) < 4.78 is 6.89. The molecule has 7 nitrogen and oxygen atoms in total. The molecule has 1 N–H and O–H groups in total. The number of nitrogens with zero attached hydrogens (tertiary/aromatic N) is 3. The number of methoxy groups -OCH3 is 1. The number of ether oxygens (including phenoxy) is 1. The van der Waals surface area contributed by atoms with Crippen molar-refractivity contribution in [3.63, 3.8) is 0 Å². The number of halogens is 2. The van der Waals surface area contributed by atoms with E-state index in [2.05, 4.69) is 32.2 Å². The molecule has 36 heavy (non-hydrogen) atoms. The van der Waals surface area contributed by atoms with E-state index in [4.69, 9.17) is 33.0 Å². The predicted molar refractivity (Wildman–Crippen MR) is 145 cm³/mol. The first-order valence-corrected chi connectivity index (χ1v) is 12.4. The van der Waals surface area contributed by atoms with Gasteiger partial charge in [-0.1, -0.05) is 61.7 Å². The molecule has 3 rings (SSSR count). The number of amides is 2. The summed E-state index contributed by atoms with van der Waals surface area (Å²) in [6.45, 7) is 10.5. The summed E-state index contributed by atoms with van der Waals surface area (Å²) in [5.74, 6) is -0.224. The summed E-state index contributed by atoms with van der Waals surface area (Å²) >= 11 is 12.2. The van der Waals surface area contributed by atoms with Crippen LogP contribution in [0.3, 0.4) is 0 Å². The topological polar surface area (TPSA) is 76.5 Å². The van der Waals surface area contributed by atoms with Gasteiger partial charge in [-0.05, 0) is 43.7 Å². The minimum absolute atomic E-state index is 0.190. The Kier molecular flexibility index (Phi) is 8.82. The molecule has 0 radical (unpaired) electrons. The second-order valence-corrected chi connectivity index (χ2v) is 10.6. The number of hydrogen-bond donors (Lipinski definition) is 1. The fourth-order valence-electron chi connectivity index (χ4n) is 3.71. The fraction of sp³-hybridized carbons (Fsp3) is 0.370. The number of anilines is 1. The highest BCUT2D eigenvalue weighted by Gasteiger charge is 2.25. The molecule has 0 atom stereocenters. The van der Waals surface area contributed by atoms with Gasteiger partial charge in [0.05, 0.1) is 28.6 Å². The van der Waals surface area contributed by atoms with E-state index in [1.165, 1.54) is 18.1 Å². The Labute approximate surface area is 222 Å². The molecule has 1 heterocycles. The van der Waals surface area contributed by atoms with Crippen LogP contribution in [0.2, 0.25) is 10.0 Å². The largest absolute Gasteiger partial charge is 0.383 e. The van der Waals surface area contributed by atoms with Crippen LogP contribution >= 0.6 is 23.2 Å². The Morgan fingerprint density at radius 3 is 2.42 bits per heavy atom. The van der Waals surface area contributed by atoms with Crippen LogP contribution in [-0.4, -0.2) is 53.3 Å². The molecule has 0 bridgehead atoms. The van der Waals surface area contributed by atoms with E-state index in [-0.39, 0.29) is 47.5 Å². The van der Waals surface area contributed by atoms with Gasteiger partial charge in [0.15, 0.2) is 0 Å². The molecule has 192 valence electrons. The molecule has 1 aromatic heterocycles. The molecule has 0 saturated carbocycles. The van der Waals surface area contributed by atoms with Gasteiger partial charge >= 0.3 is 0 Å². The Morgan fingerprint density at radius 1 is 1.08 bits per heavy atom. The number of aryl methyl sites for hydroxylation is 2. The van der Waals surface area contributed by atoms with Crippen LogP contribution in [0, 0.1) is 13.8 Å². The Hall–Kier alpha value is -2.87. The van der Waals surface area contributed by atoms with Crippen molar-refractivity contribution in [3.8, 4) is 5.69 Å². The second kappa shape index (κ2) is 11.5. The number of nitrogens with one attached hydrogen (secondary N) is 1. The van der Waals surface area contributed by atoms with Crippen molar-refractivity contribution in [2.45, 2.75) is 40.0 Å². The second-order valence-electron chi connectivity index (χ2n) is 9.76. The fourth-order valence-corrected chi connectivity index (χ4v) is 4.20. The molecule has 0 aliphatic carbocycles. The quantitative estimate of drug-likeness (QED) is 0.398. The lowest BCUT2D eigenvalue weighted by molar-refractivity contribution is -0.117. The van der Waals surface area contributed by atoms with Gasteiger partial charge in [0.1, 0.15) is 12.4 Å². The molecule has 0 saturated heterocycles. The van der Waals surface area contributed by atoms with Gasteiger partial charge in [-0.2, -0.15) is 5.10 Å². The van der Waals surface area contributed by atoms with Crippen molar-refractivity contribution in [3.05, 3.63) is 74.9 Å². The smallest absolute Gasteiger partial charge is 0.255 e. The van der Waals surface area contributed by atoms with E-state index in [0.717, 1.165) is 22.5 Å². The number of aromatic nitrogens is 2. The lowest BCUT2D eigenvalue weighted by Gasteiger charge is -2.22. The number of carbonyl (C=O) groups is 2. The van der Waals surface area contributed by atoms with Crippen LogP contribution in [0.25, 0.3) is 5.69 Å². The maximum atomic E-state index is 13.2. The van der Waals surface area contributed by atoms with Gasteiger partial charge in [-0.15, -0.1) is 0 Å². The van der Waals surface area contributed by atoms with E-state index >= 15 is 0 Å². The summed E-state index contributed by atoms with van der Waals surface area (Å²) in [5, 5.41) is 8.39. The average Bonchev–Trinajstić information content (AvgIpc) is 3.20. The van der Waals surface area contributed by atoms with Crippen molar-refractivity contribution in [1.82, 2.24) is 14.7 Å². The van der Waals surface area contributed by atoms with Crippen LogP contribution < -0.4 is 5.32 Å². The summed E-state index contributed by atoms with van der Waals surface area (Å²) in [6.07, 6.45) is 0. The van der Waals surface area contributed by atoms with E-state index in [1.54, 1.807) is 16.8 Å². The van der Waals surface area contributed by atoms with Gasteiger partial charge < -0.3 is 15.0 Å². The zero-order valence-electron chi connectivity index (χ0n) is 21.5. The predicted octanol–water partition coefficient (Wildman–Crippen LogP) is 5.82. The van der Waals surface area contributed by atoms with Crippen molar-refractivity contribution in [2.75, 3.05) is 32.1 Å². The number of benzene rings is 2. The molecule has 0 unspecified atom stereocenters. The maximum Gasteiger partial charge on any atom is 0.255 e. The van der Waals surface area contributed by atoms with E-state index in [0.29, 0.717) is 10.8 Å². The van der Waals surface area contributed by atoms with E-state index in [1.807, 2.05) is 32.0 Å². The van der Waals surface area contributed by atoms with Gasteiger partial charge in [0.25, 0.3) is 5.91 Å². The zero-order chi connectivity index (χ0) is 26.6. The third-order valence-corrected chi connectivity index (χ3v) is 6.22. The van der Waals surface area contributed by atoms with Gasteiger partial charge in [-0.3, -0.25) is 9.59 Å². The number of hydrogen-bond acceptors (Lipinski definition) is 4. The van der Waals surface area contributed by atoms with Crippen LogP contribution in [0.5, 0.6) is 0 Å². The van der Waals surface area contributed by atoms with Crippen molar-refractivity contribution < 1.29 is 14.3 Å². The molecule has 9 heteroatoms. The normalized spacial score (nSPS) is 11.4. The van der Waals surface area contributed by atoms with Crippen LogP contribution in [-0.2, 0) is 14.9 Å². The average molecular weight is 531 g/mol. The highest BCUT2D eigenvalue weighted by molar-refractivity contribution is 6.36. The standard InChI is InChI=1S/C27H32Cl2N4O3/c1-17-7-10-22(18(2)13-17)33-24(15-23(31-33)27(3,4)5)30-25(34)16-32(11-12-36-6)26(35)20-9-8-19(28)14-21(20)29/h7-10,13-15H,11-12,16H2,1-6H3,(H,30,34). The highest BCUT2D eigenvalue weighted by Crippen LogP contribution is 2.28. The molecule has 0 aliphatic rings. The third kappa shape index (κ3) is 6.66. The van der Waals surface area contributed by atoms with Gasteiger partial charge in [0.2, 0.25) is 5.91 Å². The summed E-state index contributed by atoms with van der Waals surface area (Å²) in [6, 6.07) is 12.6. The van der Waals surface area contributed by atoms with Gasteiger partial charge in [-0.25, -0.2) is 4.68 Å². The maximum absolute atomic E-state index is 13.2. The first-order chi connectivity index (χ1) is 16.9. The lowest BCUT2D eigenvalue weighted by Crippen LogP contribution is -2.40. The molecule has 0 spiro atoms. The van der Waals surface area contributed by atoms with Crippen LogP contribution in [0.15, 0.2) is 42.5 Å². The van der Waals surface area contributed by atoms with Crippen LogP contribution in [0.1, 0.15) is 48.0 Å². The molecular formula is C27H32Cl2N4O3. The SMILES string of the molecule is COCCN(CC(=O)Nc1cc(C(C)(C)C)nn1-c1ccc(C)cc1C)C(=O)c1ccc(Cl)cc1Cl. The molecule has 0 aliphatic heterocycles. The van der Waals surface area contributed by atoms with E-state index < -0.39 is 0 Å². The number of rotatable bonds is 8. The van der Waals surface area contributed by atoms with Gasteiger partial charge in [0, 0.05) is 30.2 Å².